The van der Waals surface area contributed by atoms with Gasteiger partial charge in [-0.3, -0.25) is 9.59 Å². The molecule has 3 aromatic rings. The highest BCUT2D eigenvalue weighted by Crippen LogP contribution is 2.31. The maximum Gasteiger partial charge on any atom is 0.247 e. The van der Waals surface area contributed by atoms with Crippen LogP contribution in [-0.2, 0) is 16.1 Å². The molecule has 0 N–H and O–H groups in total. The van der Waals surface area contributed by atoms with E-state index in [1.54, 1.807) is 11.0 Å². The van der Waals surface area contributed by atoms with Crippen molar-refractivity contribution in [3.05, 3.63) is 73.1 Å². The summed E-state index contributed by atoms with van der Waals surface area (Å²) in [4.78, 5) is 34.4. The lowest BCUT2D eigenvalue weighted by Crippen LogP contribution is -2.39. The Balaban J connectivity index is 1.70. The Morgan fingerprint density at radius 3 is 2.61 bits per heavy atom. The number of rotatable bonds is 7. The molecule has 1 saturated heterocycles. The highest BCUT2D eigenvalue weighted by atomic mass is 16.2. The molecular weight excluding hydrogens is 388 g/mol. The molecule has 160 valence electrons. The summed E-state index contributed by atoms with van der Waals surface area (Å²) in [6.45, 7) is 9.08. The molecule has 4 rings (SSSR count). The van der Waals surface area contributed by atoms with Crippen LogP contribution in [0.15, 0.2) is 67.3 Å². The first-order valence-corrected chi connectivity index (χ1v) is 10.7. The lowest BCUT2D eigenvalue weighted by molar-refractivity contribution is -0.127. The second-order valence-corrected chi connectivity index (χ2v) is 8.23. The molecule has 0 radical (unpaired) electrons. The Labute approximate surface area is 182 Å². The van der Waals surface area contributed by atoms with Gasteiger partial charge in [-0.15, -0.1) is 6.58 Å². The monoisotopic (exact) mass is 416 g/mol. The van der Waals surface area contributed by atoms with Gasteiger partial charge in [0, 0.05) is 37.2 Å². The molecule has 0 spiro atoms. The van der Waals surface area contributed by atoms with Gasteiger partial charge in [0.1, 0.15) is 12.4 Å². The maximum atomic E-state index is 13.5. The molecule has 2 amide bonds. The number of carbonyl (C=O) groups excluding carboxylic acids is 2. The molecule has 0 unspecified atom stereocenters. The number of hydrogen-bond donors (Lipinski definition) is 0. The molecule has 1 atom stereocenters. The minimum atomic E-state index is -0.0446. The van der Waals surface area contributed by atoms with Crippen LogP contribution in [0.1, 0.15) is 32.0 Å². The Kier molecular flexibility index (Phi) is 5.89. The van der Waals surface area contributed by atoms with Crippen LogP contribution in [0.5, 0.6) is 0 Å². The van der Waals surface area contributed by atoms with Crippen LogP contribution in [0.4, 0.5) is 5.69 Å². The van der Waals surface area contributed by atoms with Gasteiger partial charge in [0.15, 0.2) is 0 Å². The molecule has 0 bridgehead atoms. The number of fused-ring (bicyclic) bond motifs is 1. The molecule has 1 fully saturated rings. The number of benzene rings is 2. The third-order valence-corrected chi connectivity index (χ3v) is 5.73. The van der Waals surface area contributed by atoms with Crippen LogP contribution in [0.25, 0.3) is 11.0 Å². The maximum absolute atomic E-state index is 13.5. The van der Waals surface area contributed by atoms with E-state index in [0.29, 0.717) is 19.5 Å². The van der Waals surface area contributed by atoms with Gasteiger partial charge in [-0.25, -0.2) is 4.98 Å². The molecular formula is C25H28N4O2. The summed E-state index contributed by atoms with van der Waals surface area (Å²) in [6, 6.07) is 17.6. The number of amides is 2. The molecule has 31 heavy (non-hydrogen) atoms. The van der Waals surface area contributed by atoms with Crippen molar-refractivity contribution in [3.63, 3.8) is 0 Å². The third-order valence-electron chi connectivity index (χ3n) is 5.73. The Hall–Kier alpha value is -3.41. The van der Waals surface area contributed by atoms with Crippen molar-refractivity contribution in [1.82, 2.24) is 14.5 Å². The van der Waals surface area contributed by atoms with Crippen LogP contribution in [0.2, 0.25) is 0 Å². The van der Waals surface area contributed by atoms with Gasteiger partial charge in [0.05, 0.1) is 11.0 Å². The van der Waals surface area contributed by atoms with E-state index in [4.69, 9.17) is 4.98 Å². The number of likely N-dealkylation sites (tertiary alicyclic amines) is 1. The van der Waals surface area contributed by atoms with Gasteiger partial charge in [-0.1, -0.05) is 36.4 Å². The number of nitrogens with zero attached hydrogens (tertiary/aromatic N) is 4. The quantitative estimate of drug-likeness (QED) is 0.548. The standard InChI is InChI=1S/C25H28N4O2/c1-4-14-27-16-19(15-23(27)30)25-26-21-12-8-9-13-22(21)28(25)17-24(31)29(18(2)3)20-10-6-5-7-11-20/h4-13,18-19H,1,14-17H2,2-3H3/t19-/m0/s1. The summed E-state index contributed by atoms with van der Waals surface area (Å²) in [5.41, 5.74) is 2.63. The van der Waals surface area contributed by atoms with Gasteiger partial charge in [-0.2, -0.15) is 0 Å². The third kappa shape index (κ3) is 4.10. The Morgan fingerprint density at radius 2 is 1.90 bits per heavy atom. The van der Waals surface area contributed by atoms with E-state index in [9.17, 15) is 9.59 Å². The summed E-state index contributed by atoms with van der Waals surface area (Å²) in [6.07, 6.45) is 2.14. The van der Waals surface area contributed by atoms with Crippen molar-refractivity contribution in [1.29, 1.82) is 0 Å². The molecule has 2 heterocycles. The summed E-state index contributed by atoms with van der Waals surface area (Å²) in [5.74, 6) is 0.851. The molecule has 0 aliphatic carbocycles. The Bertz CT molecular complexity index is 1100. The summed E-state index contributed by atoms with van der Waals surface area (Å²) >= 11 is 0. The molecule has 6 heteroatoms. The number of para-hydroxylation sites is 3. The first-order chi connectivity index (χ1) is 15.0. The lowest BCUT2D eigenvalue weighted by atomic mass is 10.1. The van der Waals surface area contributed by atoms with E-state index < -0.39 is 0 Å². The summed E-state index contributed by atoms with van der Waals surface area (Å²) < 4.78 is 1.99. The number of hydrogen-bond acceptors (Lipinski definition) is 3. The molecule has 0 saturated carbocycles. The molecule has 1 aliphatic rings. The SMILES string of the molecule is C=CCN1C[C@@H](c2nc3ccccc3n2CC(=O)N(c2ccccc2)C(C)C)CC1=O. The average Bonchev–Trinajstić information content (AvgIpc) is 3.30. The van der Waals surface area contributed by atoms with Crippen molar-refractivity contribution in [2.45, 2.75) is 38.8 Å². The van der Waals surface area contributed by atoms with Crippen molar-refractivity contribution >= 4 is 28.5 Å². The molecule has 1 aromatic heterocycles. The van der Waals surface area contributed by atoms with E-state index >= 15 is 0 Å². The van der Waals surface area contributed by atoms with E-state index in [0.717, 1.165) is 22.5 Å². The first-order valence-electron chi connectivity index (χ1n) is 10.7. The topological polar surface area (TPSA) is 58.4 Å². The zero-order valence-electron chi connectivity index (χ0n) is 18.1. The minimum Gasteiger partial charge on any atom is -0.338 e. The second kappa shape index (κ2) is 8.76. The normalized spacial score (nSPS) is 16.3. The second-order valence-electron chi connectivity index (χ2n) is 8.23. The van der Waals surface area contributed by atoms with Crippen molar-refractivity contribution in [2.24, 2.45) is 0 Å². The Morgan fingerprint density at radius 1 is 1.19 bits per heavy atom. The first kappa shape index (κ1) is 20.8. The fraction of sp³-hybridized carbons (Fsp3) is 0.320. The minimum absolute atomic E-state index is 0.00197. The van der Waals surface area contributed by atoms with Crippen LogP contribution >= 0.6 is 0 Å². The van der Waals surface area contributed by atoms with Crippen molar-refractivity contribution in [2.75, 3.05) is 18.0 Å². The predicted molar refractivity (Wildman–Crippen MR) is 123 cm³/mol. The molecule has 1 aliphatic heterocycles. The summed E-state index contributed by atoms with van der Waals surface area (Å²) in [7, 11) is 0. The lowest BCUT2D eigenvalue weighted by Gasteiger charge is -2.27. The number of anilines is 1. The van der Waals surface area contributed by atoms with Gasteiger partial charge >= 0.3 is 0 Å². The predicted octanol–water partition coefficient (Wildman–Crippen LogP) is 3.98. The van der Waals surface area contributed by atoms with Crippen molar-refractivity contribution < 1.29 is 9.59 Å². The van der Waals surface area contributed by atoms with Gasteiger partial charge < -0.3 is 14.4 Å². The fourth-order valence-electron chi connectivity index (χ4n) is 4.38. The molecule has 6 nitrogen and oxygen atoms in total. The number of aromatic nitrogens is 2. The summed E-state index contributed by atoms with van der Waals surface area (Å²) in [5, 5.41) is 0. The van der Waals surface area contributed by atoms with Crippen LogP contribution in [-0.4, -0.2) is 45.4 Å². The fourth-order valence-corrected chi connectivity index (χ4v) is 4.38. The van der Waals surface area contributed by atoms with Gasteiger partial charge in [0.2, 0.25) is 11.8 Å². The van der Waals surface area contributed by atoms with Gasteiger partial charge in [-0.05, 0) is 38.1 Å². The average molecular weight is 417 g/mol. The smallest absolute Gasteiger partial charge is 0.247 e. The van der Waals surface area contributed by atoms with Gasteiger partial charge in [0.25, 0.3) is 0 Å². The van der Waals surface area contributed by atoms with Crippen LogP contribution in [0.3, 0.4) is 0 Å². The highest BCUT2D eigenvalue weighted by Gasteiger charge is 2.34. The van der Waals surface area contributed by atoms with E-state index in [2.05, 4.69) is 6.58 Å². The number of carbonyl (C=O) groups is 2. The van der Waals surface area contributed by atoms with E-state index in [1.165, 1.54) is 0 Å². The zero-order chi connectivity index (χ0) is 22.0. The highest BCUT2D eigenvalue weighted by molar-refractivity contribution is 5.94. The largest absolute Gasteiger partial charge is 0.338 e. The zero-order valence-corrected chi connectivity index (χ0v) is 18.1. The van der Waals surface area contributed by atoms with E-state index in [1.807, 2.05) is 77.9 Å². The van der Waals surface area contributed by atoms with Crippen LogP contribution < -0.4 is 4.90 Å². The molecule has 2 aromatic carbocycles. The van der Waals surface area contributed by atoms with E-state index in [-0.39, 0.29) is 30.3 Å². The van der Waals surface area contributed by atoms with Crippen molar-refractivity contribution in [3.8, 4) is 0 Å². The van der Waals surface area contributed by atoms with Crippen LogP contribution in [0, 0.1) is 0 Å². The number of imidazole rings is 1.